The van der Waals surface area contributed by atoms with Crippen molar-refractivity contribution in [1.82, 2.24) is 0 Å². The molecule has 2 N–H and O–H groups in total. The minimum absolute atomic E-state index is 0.456. The molecule has 0 aromatic heterocycles. The zero-order chi connectivity index (χ0) is 10.3. The van der Waals surface area contributed by atoms with Crippen molar-refractivity contribution < 1.29 is 8.42 Å². The summed E-state index contributed by atoms with van der Waals surface area (Å²) in [5, 5.41) is 5.10. The van der Waals surface area contributed by atoms with Crippen molar-refractivity contribution >= 4 is 15.9 Å². The van der Waals surface area contributed by atoms with Gasteiger partial charge in [0.25, 0.3) is 10.2 Å². The topological polar surface area (TPSA) is 63.4 Å². The molecule has 0 aliphatic carbocycles. The van der Waals surface area contributed by atoms with Crippen LogP contribution in [-0.4, -0.2) is 15.0 Å². The quantitative estimate of drug-likeness (QED) is 0.739. The second kappa shape index (κ2) is 2.96. The van der Waals surface area contributed by atoms with Gasteiger partial charge in [0, 0.05) is 6.54 Å². The van der Waals surface area contributed by atoms with Gasteiger partial charge in [-0.2, -0.15) is 8.42 Å². The molecule has 0 atom stereocenters. The molecular formula is C9H12N2O2S. The van der Waals surface area contributed by atoms with E-state index in [9.17, 15) is 8.42 Å². The van der Waals surface area contributed by atoms with Crippen LogP contribution in [0.2, 0.25) is 0 Å². The van der Waals surface area contributed by atoms with Gasteiger partial charge >= 0.3 is 0 Å². The highest BCUT2D eigenvalue weighted by molar-refractivity contribution is 7.90. The smallest absolute Gasteiger partial charge is 0.257 e. The Labute approximate surface area is 83.5 Å². The Balaban J connectivity index is 2.54. The van der Waals surface area contributed by atoms with Crippen molar-refractivity contribution in [3.63, 3.8) is 0 Å². The van der Waals surface area contributed by atoms with Gasteiger partial charge in [0.1, 0.15) is 0 Å². The third kappa shape index (κ3) is 1.49. The maximum absolute atomic E-state index is 11.2. The zero-order valence-electron chi connectivity index (χ0n) is 7.90. The van der Waals surface area contributed by atoms with Gasteiger partial charge in [-0.05, 0) is 30.5 Å². The molecule has 1 heterocycles. The fourth-order valence-electron chi connectivity index (χ4n) is 1.72. The van der Waals surface area contributed by atoms with Gasteiger partial charge in [-0.1, -0.05) is 12.1 Å². The van der Waals surface area contributed by atoms with Crippen LogP contribution in [0.5, 0.6) is 0 Å². The van der Waals surface area contributed by atoms with Crippen LogP contribution in [0.25, 0.3) is 0 Å². The van der Waals surface area contributed by atoms with E-state index in [1.165, 1.54) is 4.31 Å². The van der Waals surface area contributed by atoms with Gasteiger partial charge in [-0.25, -0.2) is 5.14 Å². The lowest BCUT2D eigenvalue weighted by atomic mass is 10.1. The Morgan fingerprint density at radius 1 is 1.43 bits per heavy atom. The molecule has 14 heavy (non-hydrogen) atoms. The molecule has 1 aromatic rings. The standard InChI is InChI=1S/C9H12N2O2S/c1-7-2-3-8-4-5-11(9(8)6-7)14(10,12)13/h2-3,6H,4-5H2,1H3,(H2,10,12,13). The summed E-state index contributed by atoms with van der Waals surface area (Å²) in [6, 6.07) is 5.79. The predicted molar refractivity (Wildman–Crippen MR) is 55.3 cm³/mol. The number of hydrogen-bond donors (Lipinski definition) is 1. The van der Waals surface area contributed by atoms with Crippen molar-refractivity contribution in [3.05, 3.63) is 29.3 Å². The van der Waals surface area contributed by atoms with E-state index in [0.717, 1.165) is 23.2 Å². The van der Waals surface area contributed by atoms with Gasteiger partial charge < -0.3 is 0 Å². The Kier molecular flexibility index (Phi) is 2.01. The van der Waals surface area contributed by atoms with Gasteiger partial charge in [-0.3, -0.25) is 4.31 Å². The lowest BCUT2D eigenvalue weighted by Crippen LogP contribution is -2.35. The third-order valence-electron chi connectivity index (χ3n) is 2.40. The summed E-state index contributed by atoms with van der Waals surface area (Å²) in [4.78, 5) is 0. The molecular weight excluding hydrogens is 200 g/mol. The molecule has 0 spiro atoms. The maximum atomic E-state index is 11.2. The van der Waals surface area contributed by atoms with E-state index in [2.05, 4.69) is 0 Å². The minimum Gasteiger partial charge on any atom is -0.257 e. The van der Waals surface area contributed by atoms with E-state index < -0.39 is 10.2 Å². The monoisotopic (exact) mass is 212 g/mol. The van der Waals surface area contributed by atoms with E-state index in [-0.39, 0.29) is 0 Å². The van der Waals surface area contributed by atoms with E-state index in [1.807, 2.05) is 25.1 Å². The van der Waals surface area contributed by atoms with Crippen LogP contribution >= 0.6 is 0 Å². The number of aryl methyl sites for hydroxylation is 1. The van der Waals surface area contributed by atoms with Crippen LogP contribution in [0.3, 0.4) is 0 Å². The molecule has 76 valence electrons. The SMILES string of the molecule is Cc1ccc2c(c1)N(S(N)(=O)=O)CC2. The molecule has 1 aliphatic heterocycles. The normalized spacial score (nSPS) is 15.7. The van der Waals surface area contributed by atoms with Gasteiger partial charge in [-0.15, -0.1) is 0 Å². The van der Waals surface area contributed by atoms with Crippen molar-refractivity contribution in [2.45, 2.75) is 13.3 Å². The predicted octanol–water partition coefficient (Wildman–Crippen LogP) is 0.561. The number of fused-ring (bicyclic) bond motifs is 1. The molecule has 0 saturated carbocycles. The van der Waals surface area contributed by atoms with Crippen LogP contribution in [0.1, 0.15) is 11.1 Å². The lowest BCUT2D eigenvalue weighted by Gasteiger charge is -2.15. The Morgan fingerprint density at radius 3 is 2.79 bits per heavy atom. The Morgan fingerprint density at radius 2 is 2.14 bits per heavy atom. The molecule has 2 rings (SSSR count). The highest BCUT2D eigenvalue weighted by Gasteiger charge is 2.26. The Hall–Kier alpha value is -1.07. The van der Waals surface area contributed by atoms with Gasteiger partial charge in [0.2, 0.25) is 0 Å². The second-order valence-corrected chi connectivity index (χ2v) is 4.97. The summed E-state index contributed by atoms with van der Waals surface area (Å²) < 4.78 is 23.7. The molecule has 0 fully saturated rings. The van der Waals surface area contributed by atoms with Crippen molar-refractivity contribution in [1.29, 1.82) is 0 Å². The lowest BCUT2D eigenvalue weighted by molar-refractivity contribution is 0.594. The highest BCUT2D eigenvalue weighted by Crippen LogP contribution is 2.29. The van der Waals surface area contributed by atoms with Crippen molar-refractivity contribution in [2.75, 3.05) is 10.8 Å². The van der Waals surface area contributed by atoms with E-state index in [4.69, 9.17) is 5.14 Å². The summed E-state index contributed by atoms with van der Waals surface area (Å²) in [6.45, 7) is 2.39. The van der Waals surface area contributed by atoms with Gasteiger partial charge in [0.15, 0.2) is 0 Å². The molecule has 0 saturated heterocycles. The third-order valence-corrected chi connectivity index (χ3v) is 3.39. The van der Waals surface area contributed by atoms with E-state index in [0.29, 0.717) is 6.54 Å². The number of hydrogen-bond acceptors (Lipinski definition) is 2. The fourth-order valence-corrected chi connectivity index (χ4v) is 2.51. The zero-order valence-corrected chi connectivity index (χ0v) is 8.71. The molecule has 0 amide bonds. The molecule has 4 nitrogen and oxygen atoms in total. The number of rotatable bonds is 1. The Bertz CT molecular complexity index is 468. The largest absolute Gasteiger partial charge is 0.299 e. The summed E-state index contributed by atoms with van der Waals surface area (Å²) >= 11 is 0. The highest BCUT2D eigenvalue weighted by atomic mass is 32.2. The molecule has 0 unspecified atom stereocenters. The molecule has 5 heteroatoms. The van der Waals surface area contributed by atoms with Gasteiger partial charge in [0.05, 0.1) is 5.69 Å². The number of anilines is 1. The minimum atomic E-state index is -3.60. The average molecular weight is 212 g/mol. The first-order valence-corrected chi connectivity index (χ1v) is 5.89. The fraction of sp³-hybridized carbons (Fsp3) is 0.333. The number of benzene rings is 1. The first-order valence-electron chi connectivity index (χ1n) is 4.38. The maximum Gasteiger partial charge on any atom is 0.299 e. The molecule has 0 bridgehead atoms. The summed E-state index contributed by atoms with van der Waals surface area (Å²) in [6.07, 6.45) is 0.742. The summed E-state index contributed by atoms with van der Waals surface area (Å²) in [7, 11) is -3.60. The first-order chi connectivity index (χ1) is 6.48. The summed E-state index contributed by atoms with van der Waals surface area (Å²) in [5.41, 5.74) is 2.82. The van der Waals surface area contributed by atoms with Crippen molar-refractivity contribution in [2.24, 2.45) is 5.14 Å². The molecule has 1 aliphatic rings. The van der Waals surface area contributed by atoms with E-state index in [1.54, 1.807) is 0 Å². The number of nitrogens with zero attached hydrogens (tertiary/aromatic N) is 1. The second-order valence-electron chi connectivity index (χ2n) is 3.50. The molecule has 0 radical (unpaired) electrons. The van der Waals surface area contributed by atoms with Crippen LogP contribution in [-0.2, 0) is 16.6 Å². The number of nitrogens with two attached hydrogens (primary N) is 1. The van der Waals surface area contributed by atoms with Crippen LogP contribution in [0.15, 0.2) is 18.2 Å². The first kappa shape index (κ1) is 9.48. The summed E-state index contributed by atoms with van der Waals surface area (Å²) in [5.74, 6) is 0. The molecule has 1 aromatic carbocycles. The van der Waals surface area contributed by atoms with E-state index >= 15 is 0 Å². The average Bonchev–Trinajstić information content (AvgIpc) is 2.45. The van der Waals surface area contributed by atoms with Crippen LogP contribution < -0.4 is 9.44 Å². The van der Waals surface area contributed by atoms with Crippen molar-refractivity contribution in [3.8, 4) is 0 Å². The van der Waals surface area contributed by atoms with Crippen LogP contribution in [0, 0.1) is 6.92 Å². The van der Waals surface area contributed by atoms with Crippen LogP contribution in [0.4, 0.5) is 5.69 Å².